The number of aliphatic carboxylic acids is 1. The van der Waals surface area contributed by atoms with Crippen LogP contribution in [0.25, 0.3) is 0 Å². The van der Waals surface area contributed by atoms with E-state index in [9.17, 15) is 4.79 Å². The van der Waals surface area contributed by atoms with Gasteiger partial charge in [-0.1, -0.05) is 27.7 Å². The third-order valence-corrected chi connectivity index (χ3v) is 2.26. The predicted octanol–water partition coefficient (Wildman–Crippen LogP) is 1.17. The third kappa shape index (κ3) is 6.47. The molecule has 0 spiro atoms. The molecule has 0 aromatic carbocycles. The van der Waals surface area contributed by atoms with E-state index in [1.807, 2.05) is 13.8 Å². The summed E-state index contributed by atoms with van der Waals surface area (Å²) in [6.45, 7) is 10.5. The molecule has 0 aromatic rings. The van der Waals surface area contributed by atoms with E-state index in [0.29, 0.717) is 6.54 Å². The number of carbonyl (C=O) groups is 1. The van der Waals surface area contributed by atoms with Crippen molar-refractivity contribution in [3.05, 3.63) is 0 Å². The molecule has 0 aromatic heterocycles. The summed E-state index contributed by atoms with van der Waals surface area (Å²) in [6.07, 6.45) is 1.06. The van der Waals surface area contributed by atoms with E-state index in [1.165, 1.54) is 0 Å². The van der Waals surface area contributed by atoms with Gasteiger partial charge in [0.2, 0.25) is 0 Å². The van der Waals surface area contributed by atoms with Crippen molar-refractivity contribution in [3.63, 3.8) is 0 Å². The summed E-state index contributed by atoms with van der Waals surface area (Å²) >= 11 is 0. The molecule has 1 unspecified atom stereocenters. The van der Waals surface area contributed by atoms with E-state index in [2.05, 4.69) is 24.1 Å². The van der Waals surface area contributed by atoms with E-state index < -0.39 is 12.0 Å². The summed E-state index contributed by atoms with van der Waals surface area (Å²) in [5.74, 6) is -0.766. The highest BCUT2D eigenvalue weighted by Gasteiger charge is 2.20. The summed E-state index contributed by atoms with van der Waals surface area (Å²) < 4.78 is 0. The zero-order valence-electron chi connectivity index (χ0n) is 10.3. The van der Waals surface area contributed by atoms with Gasteiger partial charge in [0.05, 0.1) is 0 Å². The third-order valence-electron chi connectivity index (χ3n) is 2.26. The molecule has 0 aliphatic carbocycles. The number of nitrogens with zero attached hydrogens (tertiary/aromatic N) is 1. The molecule has 90 valence electrons. The Labute approximate surface area is 92.7 Å². The molecule has 0 radical (unpaired) electrons. The fourth-order valence-electron chi connectivity index (χ4n) is 1.56. The maximum atomic E-state index is 11.0. The summed E-state index contributed by atoms with van der Waals surface area (Å²) in [5, 5.41) is 12.1. The first kappa shape index (κ1) is 14.4. The fraction of sp³-hybridized carbons (Fsp3) is 0.909. The van der Waals surface area contributed by atoms with Crippen molar-refractivity contribution in [3.8, 4) is 0 Å². The first-order chi connectivity index (χ1) is 7.01. The molecule has 0 bridgehead atoms. The van der Waals surface area contributed by atoms with Crippen molar-refractivity contribution in [1.82, 2.24) is 10.2 Å². The topological polar surface area (TPSA) is 52.6 Å². The van der Waals surface area contributed by atoms with Crippen molar-refractivity contribution in [2.24, 2.45) is 0 Å². The van der Waals surface area contributed by atoms with Crippen LogP contribution in [0.15, 0.2) is 0 Å². The number of rotatable bonds is 8. The Balaban J connectivity index is 4.18. The van der Waals surface area contributed by atoms with Gasteiger partial charge in [-0.05, 0) is 19.5 Å². The zero-order valence-corrected chi connectivity index (χ0v) is 10.3. The van der Waals surface area contributed by atoms with Gasteiger partial charge >= 0.3 is 5.97 Å². The first-order valence-corrected chi connectivity index (χ1v) is 5.72. The highest BCUT2D eigenvalue weighted by molar-refractivity contribution is 5.73. The maximum Gasteiger partial charge on any atom is 0.322 e. The Morgan fingerprint density at radius 1 is 1.40 bits per heavy atom. The van der Waals surface area contributed by atoms with Crippen molar-refractivity contribution in [2.75, 3.05) is 19.6 Å². The van der Waals surface area contributed by atoms with E-state index in [1.54, 1.807) is 0 Å². The first-order valence-electron chi connectivity index (χ1n) is 5.72. The van der Waals surface area contributed by atoms with Crippen LogP contribution in [0.3, 0.4) is 0 Å². The van der Waals surface area contributed by atoms with Crippen LogP contribution in [-0.2, 0) is 4.79 Å². The Kier molecular flexibility index (Phi) is 7.34. The lowest BCUT2D eigenvalue weighted by molar-refractivity contribution is -0.140. The molecule has 2 N–H and O–H groups in total. The van der Waals surface area contributed by atoms with Gasteiger partial charge in [-0.2, -0.15) is 0 Å². The largest absolute Gasteiger partial charge is 0.480 e. The standard InChI is InChI=1S/C11H24N2O2/c1-5-7-13(6-2)8-10(11(14)15)12-9(3)4/h9-10,12H,5-8H2,1-4H3,(H,14,15). The van der Waals surface area contributed by atoms with Gasteiger partial charge in [-0.15, -0.1) is 0 Å². The molecule has 4 heteroatoms. The average Bonchev–Trinajstić information content (AvgIpc) is 2.14. The number of carboxylic acid groups (broad SMARTS) is 1. The zero-order chi connectivity index (χ0) is 11.8. The van der Waals surface area contributed by atoms with Crippen molar-refractivity contribution >= 4 is 5.97 Å². The van der Waals surface area contributed by atoms with Crippen LogP contribution in [0.5, 0.6) is 0 Å². The van der Waals surface area contributed by atoms with E-state index >= 15 is 0 Å². The molecular formula is C11H24N2O2. The molecule has 1 atom stereocenters. The molecule has 0 saturated carbocycles. The van der Waals surface area contributed by atoms with E-state index in [-0.39, 0.29) is 6.04 Å². The molecule has 0 rings (SSSR count). The minimum Gasteiger partial charge on any atom is -0.480 e. The minimum atomic E-state index is -0.766. The Hall–Kier alpha value is -0.610. The number of hydrogen-bond acceptors (Lipinski definition) is 3. The summed E-state index contributed by atoms with van der Waals surface area (Å²) in [4.78, 5) is 13.2. The van der Waals surface area contributed by atoms with Gasteiger partial charge in [0.25, 0.3) is 0 Å². The minimum absolute atomic E-state index is 0.200. The van der Waals surface area contributed by atoms with Crippen LogP contribution in [-0.4, -0.2) is 47.7 Å². The Morgan fingerprint density at radius 2 is 2.00 bits per heavy atom. The van der Waals surface area contributed by atoms with Crippen LogP contribution in [0, 0.1) is 0 Å². The lowest BCUT2D eigenvalue weighted by atomic mass is 10.2. The normalized spacial score (nSPS) is 13.5. The molecule has 0 fully saturated rings. The van der Waals surface area contributed by atoms with Crippen LogP contribution in [0.2, 0.25) is 0 Å². The van der Waals surface area contributed by atoms with Gasteiger partial charge in [-0.25, -0.2) is 0 Å². The van der Waals surface area contributed by atoms with E-state index in [4.69, 9.17) is 5.11 Å². The van der Waals surface area contributed by atoms with Crippen LogP contribution >= 0.6 is 0 Å². The average molecular weight is 216 g/mol. The summed E-state index contributed by atoms with van der Waals surface area (Å²) in [5.41, 5.74) is 0. The number of hydrogen-bond donors (Lipinski definition) is 2. The van der Waals surface area contributed by atoms with Gasteiger partial charge in [0.15, 0.2) is 0 Å². The smallest absolute Gasteiger partial charge is 0.322 e. The molecule has 0 saturated heterocycles. The predicted molar refractivity (Wildman–Crippen MR) is 62.1 cm³/mol. The van der Waals surface area contributed by atoms with Crippen LogP contribution < -0.4 is 5.32 Å². The maximum absolute atomic E-state index is 11.0. The molecule has 0 heterocycles. The van der Waals surface area contributed by atoms with Gasteiger partial charge in [-0.3, -0.25) is 4.79 Å². The van der Waals surface area contributed by atoms with Crippen LogP contribution in [0.4, 0.5) is 0 Å². The Bertz CT molecular complexity index is 183. The van der Waals surface area contributed by atoms with E-state index in [0.717, 1.165) is 19.5 Å². The van der Waals surface area contributed by atoms with Gasteiger partial charge in [0.1, 0.15) is 6.04 Å². The number of likely N-dealkylation sites (N-methyl/N-ethyl adjacent to an activating group) is 1. The molecule has 0 aliphatic rings. The highest BCUT2D eigenvalue weighted by Crippen LogP contribution is 1.96. The molecular weight excluding hydrogens is 192 g/mol. The van der Waals surface area contributed by atoms with Crippen molar-refractivity contribution in [1.29, 1.82) is 0 Å². The van der Waals surface area contributed by atoms with Gasteiger partial charge < -0.3 is 15.3 Å². The molecule has 0 amide bonds. The SMILES string of the molecule is CCCN(CC)CC(NC(C)C)C(=O)O. The number of nitrogens with one attached hydrogen (secondary N) is 1. The molecule has 15 heavy (non-hydrogen) atoms. The molecule has 0 aliphatic heterocycles. The lowest BCUT2D eigenvalue weighted by Gasteiger charge is -2.25. The second kappa shape index (κ2) is 7.65. The summed E-state index contributed by atoms with van der Waals surface area (Å²) in [7, 11) is 0. The van der Waals surface area contributed by atoms with Crippen LogP contribution in [0.1, 0.15) is 34.1 Å². The second-order valence-electron chi connectivity index (χ2n) is 4.11. The van der Waals surface area contributed by atoms with Gasteiger partial charge in [0, 0.05) is 12.6 Å². The van der Waals surface area contributed by atoms with Crippen molar-refractivity contribution in [2.45, 2.75) is 46.2 Å². The monoisotopic (exact) mass is 216 g/mol. The quantitative estimate of drug-likeness (QED) is 0.639. The highest BCUT2D eigenvalue weighted by atomic mass is 16.4. The van der Waals surface area contributed by atoms with Crippen molar-refractivity contribution < 1.29 is 9.90 Å². The summed E-state index contributed by atoms with van der Waals surface area (Å²) in [6, 6.07) is -0.261. The lowest BCUT2D eigenvalue weighted by Crippen LogP contribution is -2.48. The second-order valence-corrected chi connectivity index (χ2v) is 4.11. The number of carboxylic acids is 1. The molecule has 4 nitrogen and oxygen atoms in total. The fourth-order valence-corrected chi connectivity index (χ4v) is 1.56. The Morgan fingerprint density at radius 3 is 2.33 bits per heavy atom.